The van der Waals surface area contributed by atoms with Crippen molar-refractivity contribution < 1.29 is 22.7 Å². The van der Waals surface area contributed by atoms with Gasteiger partial charge >= 0.3 is 0 Å². The third-order valence-corrected chi connectivity index (χ3v) is 5.65. The van der Waals surface area contributed by atoms with Crippen LogP contribution >= 0.6 is 0 Å². The zero-order valence-corrected chi connectivity index (χ0v) is 15.1. The number of amidine groups is 1. The maximum absolute atomic E-state index is 14.7. The molecule has 1 heterocycles. The van der Waals surface area contributed by atoms with Gasteiger partial charge < -0.3 is 15.8 Å². The van der Waals surface area contributed by atoms with Crippen molar-refractivity contribution in [1.82, 2.24) is 0 Å². The van der Waals surface area contributed by atoms with E-state index in [0.29, 0.717) is 6.61 Å². The molecular weight excluding hydrogens is 371 g/mol. The van der Waals surface area contributed by atoms with Gasteiger partial charge in [0.25, 0.3) is 11.9 Å². The van der Waals surface area contributed by atoms with Gasteiger partial charge in [-0.05, 0) is 50.1 Å². The average Bonchev–Trinajstić information content (AvgIpc) is 3.42. The normalized spacial score (nSPS) is 22.4. The first kappa shape index (κ1) is 18.3. The number of ether oxygens (including phenoxy) is 1. The average molecular weight is 389 g/mol. The third-order valence-electron chi connectivity index (χ3n) is 5.65. The molecule has 2 aromatic carbocycles. The summed E-state index contributed by atoms with van der Waals surface area (Å²) in [6.45, 7) is 2.10. The number of benzene rings is 2. The fourth-order valence-corrected chi connectivity index (χ4v) is 3.74. The minimum atomic E-state index is -0.981. The Kier molecular flexibility index (Phi) is 4.10. The van der Waals surface area contributed by atoms with Crippen molar-refractivity contribution in [1.29, 1.82) is 0 Å². The predicted octanol–water partition coefficient (Wildman–Crippen LogP) is 3.70. The van der Waals surface area contributed by atoms with Crippen LogP contribution in [0.4, 0.5) is 18.9 Å². The van der Waals surface area contributed by atoms with E-state index in [1.165, 1.54) is 24.3 Å². The van der Waals surface area contributed by atoms with Crippen molar-refractivity contribution in [3.63, 3.8) is 0 Å². The van der Waals surface area contributed by atoms with Crippen molar-refractivity contribution in [2.75, 3.05) is 11.9 Å². The van der Waals surface area contributed by atoms with E-state index in [1.807, 2.05) is 0 Å². The SMILES string of the molecule is CC1(c2cc(NC(=O)c3c(F)cccc3F)ccc2F)N=C(N)OCC12CC2. The van der Waals surface area contributed by atoms with Gasteiger partial charge in [0.05, 0.1) is 6.61 Å². The first-order valence-corrected chi connectivity index (χ1v) is 8.79. The van der Waals surface area contributed by atoms with Crippen LogP contribution in [-0.4, -0.2) is 18.5 Å². The zero-order valence-electron chi connectivity index (χ0n) is 15.1. The second-order valence-corrected chi connectivity index (χ2v) is 7.34. The van der Waals surface area contributed by atoms with Gasteiger partial charge in [-0.2, -0.15) is 0 Å². The van der Waals surface area contributed by atoms with Crippen LogP contribution in [0, 0.1) is 22.9 Å². The van der Waals surface area contributed by atoms with E-state index in [-0.39, 0.29) is 22.7 Å². The molecule has 2 aromatic rings. The monoisotopic (exact) mass is 389 g/mol. The molecule has 1 fully saturated rings. The Bertz CT molecular complexity index is 984. The number of halogens is 3. The molecule has 1 spiro atoms. The molecule has 1 amide bonds. The number of carbonyl (C=O) groups is 1. The Morgan fingerprint density at radius 2 is 1.82 bits per heavy atom. The first-order chi connectivity index (χ1) is 13.3. The number of hydrogen-bond acceptors (Lipinski definition) is 4. The number of aliphatic imine (C=N–C) groups is 1. The van der Waals surface area contributed by atoms with Crippen LogP contribution in [0.5, 0.6) is 0 Å². The number of nitrogens with two attached hydrogens (primary N) is 1. The van der Waals surface area contributed by atoms with E-state index in [1.54, 1.807) is 6.92 Å². The standard InChI is InChI=1S/C20H18F3N3O2/c1-19(20(7-8-20)10-28-18(24)26-19)12-9-11(5-6-13(12)21)25-17(27)16-14(22)3-2-4-15(16)23/h2-6,9H,7-8,10H2,1H3,(H2,24,26)(H,25,27). The Labute approximate surface area is 159 Å². The molecule has 0 saturated heterocycles. The van der Waals surface area contributed by atoms with Gasteiger partial charge in [-0.25, -0.2) is 18.2 Å². The second kappa shape index (κ2) is 6.25. The zero-order chi connectivity index (χ0) is 20.1. The molecule has 1 atom stereocenters. The minimum Gasteiger partial charge on any atom is -0.465 e. The van der Waals surface area contributed by atoms with Crippen molar-refractivity contribution >= 4 is 17.6 Å². The van der Waals surface area contributed by atoms with Crippen LogP contribution in [-0.2, 0) is 10.3 Å². The molecular formula is C20H18F3N3O2. The molecule has 1 aliphatic heterocycles. The summed E-state index contributed by atoms with van der Waals surface area (Å²) < 4.78 is 47.7. The lowest BCUT2D eigenvalue weighted by Crippen LogP contribution is -2.43. The summed E-state index contributed by atoms with van der Waals surface area (Å²) in [7, 11) is 0. The van der Waals surface area contributed by atoms with E-state index in [9.17, 15) is 18.0 Å². The number of anilines is 1. The molecule has 1 unspecified atom stereocenters. The molecule has 2 aliphatic rings. The largest absolute Gasteiger partial charge is 0.465 e. The summed E-state index contributed by atoms with van der Waals surface area (Å²) in [6, 6.07) is 7.06. The van der Waals surface area contributed by atoms with Gasteiger partial charge in [-0.3, -0.25) is 4.79 Å². The van der Waals surface area contributed by atoms with Crippen molar-refractivity contribution in [3.8, 4) is 0 Å². The van der Waals surface area contributed by atoms with E-state index >= 15 is 0 Å². The topological polar surface area (TPSA) is 76.7 Å². The van der Waals surface area contributed by atoms with Crippen LogP contribution in [0.1, 0.15) is 35.7 Å². The molecule has 8 heteroatoms. The van der Waals surface area contributed by atoms with Gasteiger partial charge in [0.15, 0.2) is 0 Å². The van der Waals surface area contributed by atoms with Crippen LogP contribution in [0.3, 0.4) is 0 Å². The fraction of sp³-hybridized carbons (Fsp3) is 0.300. The highest BCUT2D eigenvalue weighted by Crippen LogP contribution is 2.62. The second-order valence-electron chi connectivity index (χ2n) is 7.34. The Morgan fingerprint density at radius 1 is 1.14 bits per heavy atom. The van der Waals surface area contributed by atoms with Crippen LogP contribution < -0.4 is 11.1 Å². The maximum atomic E-state index is 14.7. The summed E-state index contributed by atoms with van der Waals surface area (Å²) in [4.78, 5) is 16.7. The molecule has 4 rings (SSSR count). The maximum Gasteiger partial charge on any atom is 0.282 e. The molecule has 5 nitrogen and oxygen atoms in total. The summed E-state index contributed by atoms with van der Waals surface area (Å²) >= 11 is 0. The van der Waals surface area contributed by atoms with Crippen molar-refractivity contribution in [2.45, 2.75) is 25.3 Å². The Morgan fingerprint density at radius 3 is 2.46 bits per heavy atom. The lowest BCUT2D eigenvalue weighted by atomic mass is 9.76. The van der Waals surface area contributed by atoms with Gasteiger partial charge in [0, 0.05) is 16.7 Å². The highest BCUT2D eigenvalue weighted by molar-refractivity contribution is 6.04. The minimum absolute atomic E-state index is 0.0257. The summed E-state index contributed by atoms with van der Waals surface area (Å²) in [5.41, 5.74) is 4.13. The molecule has 3 N–H and O–H groups in total. The number of rotatable bonds is 3. The van der Waals surface area contributed by atoms with E-state index < -0.39 is 34.5 Å². The van der Waals surface area contributed by atoms with Crippen LogP contribution in [0.25, 0.3) is 0 Å². The highest BCUT2D eigenvalue weighted by Gasteiger charge is 2.61. The lowest BCUT2D eigenvalue weighted by molar-refractivity contribution is 0.101. The van der Waals surface area contributed by atoms with Gasteiger partial charge in [0.1, 0.15) is 28.6 Å². The van der Waals surface area contributed by atoms with Gasteiger partial charge in [-0.15, -0.1) is 0 Å². The van der Waals surface area contributed by atoms with E-state index in [2.05, 4.69) is 10.3 Å². The summed E-state index contributed by atoms with van der Waals surface area (Å²) in [5, 5.41) is 2.43. The Balaban J connectivity index is 1.71. The van der Waals surface area contributed by atoms with Crippen molar-refractivity contribution in [3.05, 3.63) is 65.0 Å². The number of nitrogens with zero attached hydrogens (tertiary/aromatic N) is 1. The highest BCUT2D eigenvalue weighted by atomic mass is 19.1. The van der Waals surface area contributed by atoms with Gasteiger partial charge in [0.2, 0.25) is 0 Å². The van der Waals surface area contributed by atoms with Crippen LogP contribution in [0.15, 0.2) is 41.4 Å². The number of amides is 1. The number of hydrogen-bond donors (Lipinski definition) is 2. The molecule has 0 aromatic heterocycles. The quantitative estimate of drug-likeness (QED) is 0.841. The van der Waals surface area contributed by atoms with Gasteiger partial charge in [-0.1, -0.05) is 6.07 Å². The fourth-order valence-electron chi connectivity index (χ4n) is 3.74. The molecule has 1 saturated carbocycles. The lowest BCUT2D eigenvalue weighted by Gasteiger charge is -2.38. The smallest absolute Gasteiger partial charge is 0.282 e. The summed E-state index contributed by atoms with van der Waals surface area (Å²) in [5.74, 6) is -3.44. The molecule has 146 valence electrons. The predicted molar refractivity (Wildman–Crippen MR) is 97.3 cm³/mol. The molecule has 0 radical (unpaired) electrons. The Hall–Kier alpha value is -3.03. The number of carbonyl (C=O) groups excluding carboxylic acids is 1. The molecule has 0 bridgehead atoms. The van der Waals surface area contributed by atoms with Crippen LogP contribution in [0.2, 0.25) is 0 Å². The third kappa shape index (κ3) is 2.80. The molecule has 28 heavy (non-hydrogen) atoms. The molecule has 1 aliphatic carbocycles. The van der Waals surface area contributed by atoms with Crippen molar-refractivity contribution in [2.24, 2.45) is 16.1 Å². The number of nitrogens with one attached hydrogen (secondary N) is 1. The van der Waals surface area contributed by atoms with E-state index in [0.717, 1.165) is 25.0 Å². The first-order valence-electron chi connectivity index (χ1n) is 8.79. The van der Waals surface area contributed by atoms with E-state index in [4.69, 9.17) is 10.5 Å². The summed E-state index contributed by atoms with van der Waals surface area (Å²) in [6.07, 6.45) is 1.60.